The molecule has 0 radical (unpaired) electrons. The molecule has 1 aromatic rings. The lowest BCUT2D eigenvalue weighted by atomic mass is 9.96. The molecule has 0 aromatic carbocycles. The van der Waals surface area contributed by atoms with Crippen molar-refractivity contribution in [1.82, 2.24) is 20.4 Å². The molecule has 1 aliphatic rings. The van der Waals surface area contributed by atoms with E-state index in [1.165, 1.54) is 5.56 Å². The molecule has 2 rings (SSSR count). The first-order valence-corrected chi connectivity index (χ1v) is 7.60. The maximum atomic E-state index is 12.1. The molecule has 1 fully saturated rings. The summed E-state index contributed by atoms with van der Waals surface area (Å²) >= 11 is 0. The van der Waals surface area contributed by atoms with Crippen molar-refractivity contribution in [3.05, 3.63) is 17.5 Å². The van der Waals surface area contributed by atoms with E-state index >= 15 is 0 Å². The zero-order valence-electron chi connectivity index (χ0n) is 12.8. The van der Waals surface area contributed by atoms with Crippen molar-refractivity contribution in [3.63, 3.8) is 0 Å². The van der Waals surface area contributed by atoms with Gasteiger partial charge in [0.1, 0.15) is 0 Å². The lowest BCUT2D eigenvalue weighted by molar-refractivity contribution is -0.133. The number of carbonyl (C=O) groups excluding carboxylic acids is 2. The number of rotatable bonds is 5. The molecule has 116 valence electrons. The molecule has 0 aliphatic carbocycles. The molecule has 6 nitrogen and oxygen atoms in total. The molecule has 0 unspecified atom stereocenters. The maximum absolute atomic E-state index is 12.1. The zero-order valence-corrected chi connectivity index (χ0v) is 12.8. The molecular weight excluding hydrogens is 268 g/mol. The Morgan fingerprint density at radius 1 is 1.43 bits per heavy atom. The van der Waals surface area contributed by atoms with E-state index in [0.717, 1.165) is 31.4 Å². The van der Waals surface area contributed by atoms with Crippen LogP contribution in [0.2, 0.25) is 0 Å². The van der Waals surface area contributed by atoms with Crippen molar-refractivity contribution in [2.45, 2.75) is 39.5 Å². The number of hydrogen-bond donors (Lipinski definition) is 2. The minimum Gasteiger partial charge on any atom is -0.356 e. The van der Waals surface area contributed by atoms with Crippen LogP contribution in [0.3, 0.4) is 0 Å². The van der Waals surface area contributed by atoms with Crippen molar-refractivity contribution < 1.29 is 9.59 Å². The number of carbonyl (C=O) groups is 2. The van der Waals surface area contributed by atoms with Crippen molar-refractivity contribution in [2.24, 2.45) is 5.92 Å². The van der Waals surface area contributed by atoms with Gasteiger partial charge >= 0.3 is 0 Å². The Labute approximate surface area is 125 Å². The van der Waals surface area contributed by atoms with Crippen molar-refractivity contribution in [3.8, 4) is 0 Å². The molecule has 2 amide bonds. The van der Waals surface area contributed by atoms with Crippen LogP contribution in [0.4, 0.5) is 0 Å². The van der Waals surface area contributed by atoms with Gasteiger partial charge in [-0.1, -0.05) is 0 Å². The summed E-state index contributed by atoms with van der Waals surface area (Å²) in [5.74, 6) is 0.280. The van der Waals surface area contributed by atoms with E-state index < -0.39 is 0 Å². The van der Waals surface area contributed by atoms with Gasteiger partial charge in [-0.3, -0.25) is 14.7 Å². The summed E-state index contributed by atoms with van der Waals surface area (Å²) in [6.07, 6.45) is 5.22. The van der Waals surface area contributed by atoms with E-state index in [0.29, 0.717) is 19.6 Å². The quantitative estimate of drug-likeness (QED) is 0.796. The van der Waals surface area contributed by atoms with Gasteiger partial charge in [-0.25, -0.2) is 0 Å². The molecule has 1 aromatic heterocycles. The minimum absolute atomic E-state index is 0.0521. The Morgan fingerprint density at radius 2 is 2.14 bits per heavy atom. The highest BCUT2D eigenvalue weighted by Gasteiger charge is 2.25. The lowest BCUT2D eigenvalue weighted by Crippen LogP contribution is -2.42. The van der Waals surface area contributed by atoms with Crippen LogP contribution in [0.5, 0.6) is 0 Å². The van der Waals surface area contributed by atoms with Crippen LogP contribution in [0.25, 0.3) is 0 Å². The van der Waals surface area contributed by atoms with Crippen LogP contribution in [0.15, 0.2) is 6.20 Å². The van der Waals surface area contributed by atoms with Crippen LogP contribution in [-0.4, -0.2) is 46.5 Å². The molecule has 0 bridgehead atoms. The van der Waals surface area contributed by atoms with Crippen molar-refractivity contribution in [2.75, 3.05) is 19.6 Å². The average molecular weight is 292 g/mol. The molecule has 21 heavy (non-hydrogen) atoms. The van der Waals surface area contributed by atoms with Crippen LogP contribution in [0, 0.1) is 12.8 Å². The van der Waals surface area contributed by atoms with Gasteiger partial charge in [0.15, 0.2) is 0 Å². The summed E-state index contributed by atoms with van der Waals surface area (Å²) < 4.78 is 0. The molecule has 1 saturated heterocycles. The number of piperidine rings is 1. The highest BCUT2D eigenvalue weighted by atomic mass is 16.2. The number of aryl methyl sites for hydroxylation is 2. The number of H-pyrrole nitrogens is 1. The number of hydrogen-bond acceptors (Lipinski definition) is 3. The van der Waals surface area contributed by atoms with Gasteiger partial charge in [0.2, 0.25) is 11.8 Å². The second-order valence-corrected chi connectivity index (χ2v) is 5.70. The van der Waals surface area contributed by atoms with E-state index in [1.54, 1.807) is 6.92 Å². The van der Waals surface area contributed by atoms with Crippen LogP contribution in [-0.2, 0) is 16.0 Å². The summed E-state index contributed by atoms with van der Waals surface area (Å²) in [5.41, 5.74) is 2.30. The molecule has 2 heterocycles. The largest absolute Gasteiger partial charge is 0.356 e. The Kier molecular flexibility index (Phi) is 5.36. The fraction of sp³-hybridized carbons (Fsp3) is 0.667. The number of nitrogens with one attached hydrogen (secondary N) is 2. The third-order valence-corrected chi connectivity index (χ3v) is 4.17. The van der Waals surface area contributed by atoms with E-state index in [1.807, 2.05) is 18.0 Å². The first-order valence-electron chi connectivity index (χ1n) is 7.60. The number of aromatic nitrogens is 2. The summed E-state index contributed by atoms with van der Waals surface area (Å²) in [6, 6.07) is 0. The van der Waals surface area contributed by atoms with Crippen LogP contribution in [0.1, 0.15) is 37.4 Å². The van der Waals surface area contributed by atoms with E-state index in [9.17, 15) is 9.59 Å². The zero-order chi connectivity index (χ0) is 15.2. The topological polar surface area (TPSA) is 78.1 Å². The van der Waals surface area contributed by atoms with Gasteiger partial charge in [0.05, 0.1) is 6.20 Å². The van der Waals surface area contributed by atoms with Gasteiger partial charge < -0.3 is 10.2 Å². The standard InChI is InChI=1S/C15H24N4O2/c1-11-14(10-17-18-11)4-3-7-16-15(21)13-5-8-19(9-6-13)12(2)20/h10,13H,3-9H2,1-2H3,(H,16,21)(H,17,18). The van der Waals surface area contributed by atoms with E-state index in [4.69, 9.17) is 0 Å². The molecular formula is C15H24N4O2. The lowest BCUT2D eigenvalue weighted by Gasteiger charge is -2.30. The SMILES string of the molecule is CC(=O)N1CCC(C(=O)NCCCc2cn[nH]c2C)CC1. The van der Waals surface area contributed by atoms with Gasteiger partial charge in [-0.2, -0.15) is 5.10 Å². The second kappa shape index (κ2) is 7.24. The smallest absolute Gasteiger partial charge is 0.223 e. The van der Waals surface area contributed by atoms with Crippen molar-refractivity contribution >= 4 is 11.8 Å². The van der Waals surface area contributed by atoms with Gasteiger partial charge in [-0.15, -0.1) is 0 Å². The number of nitrogens with zero attached hydrogens (tertiary/aromatic N) is 2. The fourth-order valence-corrected chi connectivity index (χ4v) is 2.72. The summed E-state index contributed by atoms with van der Waals surface area (Å²) in [5, 5.41) is 9.90. The average Bonchev–Trinajstić information content (AvgIpc) is 2.89. The van der Waals surface area contributed by atoms with Gasteiger partial charge in [0, 0.05) is 38.2 Å². The molecule has 0 atom stereocenters. The summed E-state index contributed by atoms with van der Waals surface area (Å²) in [4.78, 5) is 25.1. The second-order valence-electron chi connectivity index (χ2n) is 5.70. The minimum atomic E-state index is 0.0521. The number of aromatic amines is 1. The molecule has 0 saturated carbocycles. The number of likely N-dealkylation sites (tertiary alicyclic amines) is 1. The number of amides is 2. The first kappa shape index (κ1) is 15.5. The molecule has 1 aliphatic heterocycles. The Bertz CT molecular complexity index is 490. The van der Waals surface area contributed by atoms with Crippen LogP contribution >= 0.6 is 0 Å². The van der Waals surface area contributed by atoms with Gasteiger partial charge in [0.25, 0.3) is 0 Å². The molecule has 0 spiro atoms. The molecule has 6 heteroatoms. The van der Waals surface area contributed by atoms with E-state index in [-0.39, 0.29) is 17.7 Å². The predicted molar refractivity (Wildman–Crippen MR) is 79.6 cm³/mol. The predicted octanol–water partition coefficient (Wildman–Crippen LogP) is 1.03. The maximum Gasteiger partial charge on any atom is 0.223 e. The van der Waals surface area contributed by atoms with Gasteiger partial charge in [-0.05, 0) is 38.2 Å². The highest BCUT2D eigenvalue weighted by molar-refractivity contribution is 5.79. The summed E-state index contributed by atoms with van der Waals surface area (Å²) in [7, 11) is 0. The first-order chi connectivity index (χ1) is 10.1. The monoisotopic (exact) mass is 292 g/mol. The fourth-order valence-electron chi connectivity index (χ4n) is 2.72. The summed E-state index contributed by atoms with van der Waals surface area (Å²) in [6.45, 7) is 5.67. The Hall–Kier alpha value is -1.85. The Balaban J connectivity index is 1.64. The normalized spacial score (nSPS) is 16.0. The third-order valence-electron chi connectivity index (χ3n) is 4.17. The van der Waals surface area contributed by atoms with E-state index in [2.05, 4.69) is 15.5 Å². The van der Waals surface area contributed by atoms with Crippen LogP contribution < -0.4 is 5.32 Å². The molecule has 2 N–H and O–H groups in total. The Morgan fingerprint density at radius 3 is 2.71 bits per heavy atom. The highest BCUT2D eigenvalue weighted by Crippen LogP contribution is 2.17. The van der Waals surface area contributed by atoms with Crippen molar-refractivity contribution in [1.29, 1.82) is 0 Å². The third kappa shape index (κ3) is 4.31.